The topological polar surface area (TPSA) is 20.3 Å². The zero-order valence-corrected chi connectivity index (χ0v) is 8.51. The van der Waals surface area contributed by atoms with Crippen LogP contribution in [0.5, 0.6) is 0 Å². The molecule has 1 aliphatic heterocycles. The smallest absolute Gasteiger partial charge is 0.150 e. The molecule has 0 aromatic rings. The van der Waals surface area contributed by atoms with Gasteiger partial charge in [0, 0.05) is 0 Å². The Labute approximate surface area is 80.3 Å². The number of likely N-dealkylation sites (tertiary alicyclic amines) is 1. The minimum Gasteiger partial charge on any atom is -0.298 e. The summed E-state index contributed by atoms with van der Waals surface area (Å²) in [6.07, 6.45) is 7.29. The van der Waals surface area contributed by atoms with Crippen molar-refractivity contribution in [2.75, 3.05) is 13.1 Å². The Morgan fingerprint density at radius 1 is 1.08 bits per heavy atom. The second kappa shape index (κ2) is 3.41. The van der Waals surface area contributed by atoms with Gasteiger partial charge in [-0.05, 0) is 45.7 Å². The maximum atomic E-state index is 11.7. The minimum atomic E-state index is -0.0312. The first-order chi connectivity index (χ1) is 6.26. The molecule has 0 radical (unpaired) electrons. The van der Waals surface area contributed by atoms with Crippen LogP contribution >= 0.6 is 0 Å². The Morgan fingerprint density at radius 3 is 2.08 bits per heavy atom. The molecule has 0 N–H and O–H groups in total. The average Bonchev–Trinajstić information content (AvgIpc) is 2.75. The van der Waals surface area contributed by atoms with Gasteiger partial charge in [0.1, 0.15) is 5.78 Å². The van der Waals surface area contributed by atoms with Crippen molar-refractivity contribution < 1.29 is 4.79 Å². The summed E-state index contributed by atoms with van der Waals surface area (Å²) in [6.45, 7) is 4.09. The molecule has 1 heterocycles. The third-order valence-electron chi connectivity index (χ3n) is 3.80. The molecule has 0 atom stereocenters. The highest BCUT2D eigenvalue weighted by Crippen LogP contribution is 2.37. The van der Waals surface area contributed by atoms with Crippen molar-refractivity contribution in [2.45, 2.75) is 51.0 Å². The molecule has 2 nitrogen and oxygen atoms in total. The van der Waals surface area contributed by atoms with E-state index in [0.717, 1.165) is 25.9 Å². The summed E-state index contributed by atoms with van der Waals surface area (Å²) in [6, 6.07) is 0. The standard InChI is InChI=1S/C11H19NO/c1-10(13)11(6-2-3-7-11)12-8-4-5-9-12/h2-9H2,1H3. The zero-order valence-electron chi connectivity index (χ0n) is 8.51. The lowest BCUT2D eigenvalue weighted by atomic mass is 9.91. The molecule has 0 amide bonds. The Hall–Kier alpha value is -0.370. The lowest BCUT2D eigenvalue weighted by molar-refractivity contribution is -0.128. The Kier molecular flexibility index (Phi) is 2.41. The molecule has 0 aromatic heterocycles. The SMILES string of the molecule is CC(=O)C1(N2CCCC2)CCCC1. The highest BCUT2D eigenvalue weighted by Gasteiger charge is 2.44. The van der Waals surface area contributed by atoms with Gasteiger partial charge in [0.2, 0.25) is 0 Å². The fourth-order valence-corrected chi connectivity index (χ4v) is 3.00. The minimum absolute atomic E-state index is 0.0312. The van der Waals surface area contributed by atoms with E-state index in [1.54, 1.807) is 6.92 Å². The molecule has 0 aromatic carbocycles. The molecular formula is C11H19NO. The van der Waals surface area contributed by atoms with E-state index < -0.39 is 0 Å². The maximum Gasteiger partial charge on any atom is 0.150 e. The van der Waals surface area contributed by atoms with E-state index >= 15 is 0 Å². The number of ketones is 1. The van der Waals surface area contributed by atoms with Crippen molar-refractivity contribution in [3.05, 3.63) is 0 Å². The number of hydrogen-bond donors (Lipinski definition) is 0. The Bertz CT molecular complexity index is 200. The van der Waals surface area contributed by atoms with Gasteiger partial charge >= 0.3 is 0 Å². The lowest BCUT2D eigenvalue weighted by Crippen LogP contribution is -2.50. The number of hydrogen-bond acceptors (Lipinski definition) is 2. The lowest BCUT2D eigenvalue weighted by Gasteiger charge is -2.36. The van der Waals surface area contributed by atoms with E-state index in [1.807, 2.05) is 0 Å². The van der Waals surface area contributed by atoms with E-state index in [1.165, 1.54) is 25.7 Å². The fourth-order valence-electron chi connectivity index (χ4n) is 3.00. The van der Waals surface area contributed by atoms with Gasteiger partial charge in [-0.1, -0.05) is 12.8 Å². The van der Waals surface area contributed by atoms with Gasteiger partial charge in [0.15, 0.2) is 0 Å². The summed E-state index contributed by atoms with van der Waals surface area (Å²) in [4.78, 5) is 14.2. The van der Waals surface area contributed by atoms with Gasteiger partial charge in [0.05, 0.1) is 5.54 Å². The fraction of sp³-hybridized carbons (Fsp3) is 0.909. The second-order valence-corrected chi connectivity index (χ2v) is 4.49. The number of carbonyl (C=O) groups is 1. The summed E-state index contributed by atoms with van der Waals surface area (Å²) in [7, 11) is 0. The van der Waals surface area contributed by atoms with Crippen molar-refractivity contribution in [3.63, 3.8) is 0 Å². The number of Topliss-reactive ketones (excluding diaryl/α,β-unsaturated/α-hetero) is 1. The summed E-state index contributed by atoms with van der Waals surface area (Å²) in [5, 5.41) is 0. The van der Waals surface area contributed by atoms with Gasteiger partial charge in [0.25, 0.3) is 0 Å². The Balaban J connectivity index is 2.16. The van der Waals surface area contributed by atoms with E-state index in [2.05, 4.69) is 4.90 Å². The highest BCUT2D eigenvalue weighted by molar-refractivity contribution is 5.86. The van der Waals surface area contributed by atoms with Crippen molar-refractivity contribution in [1.29, 1.82) is 0 Å². The van der Waals surface area contributed by atoms with E-state index in [-0.39, 0.29) is 5.54 Å². The third kappa shape index (κ3) is 1.41. The van der Waals surface area contributed by atoms with Gasteiger partial charge in [-0.15, -0.1) is 0 Å². The molecule has 13 heavy (non-hydrogen) atoms. The molecular weight excluding hydrogens is 162 g/mol. The molecule has 74 valence electrons. The molecule has 0 unspecified atom stereocenters. The summed E-state index contributed by atoms with van der Waals surface area (Å²) in [5.41, 5.74) is -0.0312. The van der Waals surface area contributed by atoms with Crippen LogP contribution in [0.15, 0.2) is 0 Å². The molecule has 0 bridgehead atoms. The highest BCUT2D eigenvalue weighted by atomic mass is 16.1. The summed E-state index contributed by atoms with van der Waals surface area (Å²) >= 11 is 0. The largest absolute Gasteiger partial charge is 0.298 e. The van der Waals surface area contributed by atoms with E-state index in [9.17, 15) is 4.79 Å². The van der Waals surface area contributed by atoms with Crippen LogP contribution in [0.25, 0.3) is 0 Å². The Morgan fingerprint density at radius 2 is 1.62 bits per heavy atom. The zero-order chi connectivity index (χ0) is 9.31. The van der Waals surface area contributed by atoms with Crippen LogP contribution in [0, 0.1) is 0 Å². The van der Waals surface area contributed by atoms with Gasteiger partial charge < -0.3 is 0 Å². The predicted molar refractivity (Wildman–Crippen MR) is 52.7 cm³/mol. The van der Waals surface area contributed by atoms with Crippen LogP contribution in [0.4, 0.5) is 0 Å². The molecule has 0 spiro atoms. The van der Waals surface area contributed by atoms with E-state index in [4.69, 9.17) is 0 Å². The molecule has 1 aliphatic carbocycles. The van der Waals surface area contributed by atoms with Gasteiger partial charge in [-0.3, -0.25) is 9.69 Å². The van der Waals surface area contributed by atoms with Crippen LogP contribution in [-0.4, -0.2) is 29.3 Å². The van der Waals surface area contributed by atoms with Crippen molar-refractivity contribution >= 4 is 5.78 Å². The first kappa shape index (κ1) is 9.20. The number of nitrogens with zero attached hydrogens (tertiary/aromatic N) is 1. The molecule has 1 saturated heterocycles. The molecule has 2 fully saturated rings. The van der Waals surface area contributed by atoms with Crippen molar-refractivity contribution in [3.8, 4) is 0 Å². The monoisotopic (exact) mass is 181 g/mol. The van der Waals surface area contributed by atoms with Crippen LogP contribution in [0.3, 0.4) is 0 Å². The van der Waals surface area contributed by atoms with Crippen molar-refractivity contribution in [2.24, 2.45) is 0 Å². The normalized spacial score (nSPS) is 28.1. The molecule has 2 aliphatic rings. The predicted octanol–water partition coefficient (Wildman–Crippen LogP) is 1.98. The van der Waals surface area contributed by atoms with Crippen LogP contribution < -0.4 is 0 Å². The first-order valence-electron chi connectivity index (χ1n) is 5.52. The summed E-state index contributed by atoms with van der Waals surface area (Å²) in [5.74, 6) is 0.409. The number of carbonyl (C=O) groups excluding carboxylic acids is 1. The maximum absolute atomic E-state index is 11.7. The first-order valence-corrected chi connectivity index (χ1v) is 5.52. The molecule has 2 rings (SSSR count). The van der Waals surface area contributed by atoms with Crippen LogP contribution in [-0.2, 0) is 4.79 Å². The van der Waals surface area contributed by atoms with E-state index in [0.29, 0.717) is 5.78 Å². The molecule has 2 heteroatoms. The second-order valence-electron chi connectivity index (χ2n) is 4.49. The third-order valence-corrected chi connectivity index (χ3v) is 3.80. The quantitative estimate of drug-likeness (QED) is 0.649. The average molecular weight is 181 g/mol. The summed E-state index contributed by atoms with van der Waals surface area (Å²) < 4.78 is 0. The van der Waals surface area contributed by atoms with Gasteiger partial charge in [-0.25, -0.2) is 0 Å². The van der Waals surface area contributed by atoms with Gasteiger partial charge in [-0.2, -0.15) is 0 Å². The van der Waals surface area contributed by atoms with Crippen LogP contribution in [0.1, 0.15) is 45.4 Å². The molecule has 1 saturated carbocycles. The van der Waals surface area contributed by atoms with Crippen molar-refractivity contribution in [1.82, 2.24) is 4.90 Å². The number of rotatable bonds is 2. The van der Waals surface area contributed by atoms with Crippen LogP contribution in [0.2, 0.25) is 0 Å².